The van der Waals surface area contributed by atoms with E-state index in [1.165, 1.54) is 25.8 Å². The zero-order chi connectivity index (χ0) is 11.2. The SMILES string of the molecule is CC(S)CNCC12CC3CC(CC(C3)C1)C2. The summed E-state index contributed by atoms with van der Waals surface area (Å²) in [4.78, 5) is 0. The van der Waals surface area contributed by atoms with E-state index in [0.29, 0.717) is 10.7 Å². The predicted molar refractivity (Wildman–Crippen MR) is 71.9 cm³/mol. The van der Waals surface area contributed by atoms with Gasteiger partial charge >= 0.3 is 0 Å². The topological polar surface area (TPSA) is 12.0 Å². The molecule has 2 heteroatoms. The lowest BCUT2D eigenvalue weighted by molar-refractivity contribution is -0.0511. The van der Waals surface area contributed by atoms with Crippen molar-refractivity contribution in [3.63, 3.8) is 0 Å². The average Bonchev–Trinajstić information content (AvgIpc) is 2.13. The zero-order valence-electron chi connectivity index (χ0n) is 10.4. The summed E-state index contributed by atoms with van der Waals surface area (Å²) in [5.41, 5.74) is 0.692. The van der Waals surface area contributed by atoms with Gasteiger partial charge in [0.1, 0.15) is 0 Å². The van der Waals surface area contributed by atoms with Crippen LogP contribution >= 0.6 is 12.6 Å². The van der Waals surface area contributed by atoms with Crippen molar-refractivity contribution in [1.82, 2.24) is 5.32 Å². The highest BCUT2D eigenvalue weighted by Gasteiger charge is 2.50. The van der Waals surface area contributed by atoms with Gasteiger partial charge in [-0.15, -0.1) is 0 Å². The highest BCUT2D eigenvalue weighted by Crippen LogP contribution is 2.59. The highest BCUT2D eigenvalue weighted by atomic mass is 32.1. The first kappa shape index (κ1) is 11.4. The summed E-state index contributed by atoms with van der Waals surface area (Å²) in [6.07, 6.45) is 9.24. The molecule has 0 aromatic carbocycles. The van der Waals surface area contributed by atoms with Gasteiger partial charge in [0.2, 0.25) is 0 Å². The lowest BCUT2D eigenvalue weighted by Crippen LogP contribution is -2.50. The van der Waals surface area contributed by atoms with E-state index < -0.39 is 0 Å². The molecule has 0 radical (unpaired) electrons. The van der Waals surface area contributed by atoms with Crippen LogP contribution in [0.15, 0.2) is 0 Å². The van der Waals surface area contributed by atoms with Crippen molar-refractivity contribution >= 4 is 12.6 Å². The third kappa shape index (κ3) is 2.15. The molecule has 1 unspecified atom stereocenters. The zero-order valence-corrected chi connectivity index (χ0v) is 11.3. The monoisotopic (exact) mass is 239 g/mol. The van der Waals surface area contributed by atoms with Gasteiger partial charge in [-0.1, -0.05) is 6.92 Å². The van der Waals surface area contributed by atoms with Gasteiger partial charge in [-0.05, 0) is 61.7 Å². The van der Waals surface area contributed by atoms with Crippen molar-refractivity contribution in [2.24, 2.45) is 23.2 Å². The quantitative estimate of drug-likeness (QED) is 0.718. The second-order valence-corrected chi connectivity index (χ2v) is 7.78. The number of nitrogens with one attached hydrogen (secondary N) is 1. The summed E-state index contributed by atoms with van der Waals surface area (Å²) in [6.45, 7) is 4.52. The maximum absolute atomic E-state index is 4.45. The van der Waals surface area contributed by atoms with Crippen LogP contribution in [0, 0.1) is 23.2 Å². The molecule has 4 fully saturated rings. The van der Waals surface area contributed by atoms with Crippen LogP contribution < -0.4 is 5.32 Å². The second kappa shape index (κ2) is 4.20. The van der Waals surface area contributed by atoms with Crippen LogP contribution in [0.3, 0.4) is 0 Å². The third-order valence-electron chi connectivity index (χ3n) is 5.10. The maximum atomic E-state index is 4.45. The third-order valence-corrected chi connectivity index (χ3v) is 5.29. The summed E-state index contributed by atoms with van der Waals surface area (Å²) in [6, 6.07) is 0. The Balaban J connectivity index is 1.60. The lowest BCUT2D eigenvalue weighted by atomic mass is 9.49. The molecule has 0 saturated heterocycles. The molecule has 0 amide bonds. The number of thiol groups is 1. The van der Waals surface area contributed by atoms with Crippen molar-refractivity contribution in [2.75, 3.05) is 13.1 Å². The molecule has 0 spiro atoms. The van der Waals surface area contributed by atoms with Gasteiger partial charge in [-0.25, -0.2) is 0 Å². The van der Waals surface area contributed by atoms with Crippen molar-refractivity contribution < 1.29 is 0 Å². The molecule has 0 heterocycles. The van der Waals surface area contributed by atoms with Crippen LogP contribution in [0.4, 0.5) is 0 Å². The van der Waals surface area contributed by atoms with E-state index in [2.05, 4.69) is 24.9 Å². The molecule has 4 bridgehead atoms. The fourth-order valence-corrected chi connectivity index (χ4v) is 5.18. The Kier molecular flexibility index (Phi) is 3.00. The molecular formula is C14H25NS. The van der Waals surface area contributed by atoms with Crippen LogP contribution in [0.1, 0.15) is 45.4 Å². The minimum Gasteiger partial charge on any atom is -0.315 e. The van der Waals surface area contributed by atoms with E-state index >= 15 is 0 Å². The van der Waals surface area contributed by atoms with Gasteiger partial charge in [-0.3, -0.25) is 0 Å². The standard InChI is InChI=1S/C14H25NS/c1-10(16)8-15-9-14-5-11-2-12(6-14)4-13(3-11)7-14/h10-13,15-16H,2-9H2,1H3. The van der Waals surface area contributed by atoms with E-state index in [1.54, 1.807) is 19.3 Å². The molecule has 1 nitrogen and oxygen atoms in total. The van der Waals surface area contributed by atoms with E-state index in [9.17, 15) is 0 Å². The van der Waals surface area contributed by atoms with E-state index in [-0.39, 0.29) is 0 Å². The van der Waals surface area contributed by atoms with Crippen LogP contribution in [0.2, 0.25) is 0 Å². The van der Waals surface area contributed by atoms with Crippen molar-refractivity contribution in [3.8, 4) is 0 Å². The minimum absolute atomic E-state index is 0.494. The normalized spacial score (nSPS) is 47.2. The Morgan fingerprint density at radius 3 is 2.06 bits per heavy atom. The molecular weight excluding hydrogens is 214 g/mol. The molecule has 4 saturated carbocycles. The van der Waals surface area contributed by atoms with E-state index in [4.69, 9.17) is 0 Å². The number of rotatable bonds is 4. The highest BCUT2D eigenvalue weighted by molar-refractivity contribution is 7.80. The summed E-state index contributed by atoms with van der Waals surface area (Å²) in [5, 5.41) is 4.16. The predicted octanol–water partition coefficient (Wildman–Crippen LogP) is 3.11. The summed E-state index contributed by atoms with van der Waals surface area (Å²) < 4.78 is 0. The first-order valence-electron chi connectivity index (χ1n) is 7.04. The van der Waals surface area contributed by atoms with Gasteiger partial charge < -0.3 is 5.32 Å². The molecule has 16 heavy (non-hydrogen) atoms. The van der Waals surface area contributed by atoms with Crippen molar-refractivity contribution in [3.05, 3.63) is 0 Å². The fourth-order valence-electron chi connectivity index (χ4n) is 5.05. The molecule has 92 valence electrons. The van der Waals surface area contributed by atoms with Gasteiger partial charge in [0.25, 0.3) is 0 Å². The fraction of sp³-hybridized carbons (Fsp3) is 1.00. The molecule has 1 N–H and O–H groups in total. The second-order valence-electron chi connectivity index (χ2n) is 6.90. The first-order chi connectivity index (χ1) is 7.65. The van der Waals surface area contributed by atoms with Gasteiger partial charge in [0.05, 0.1) is 0 Å². The summed E-state index contributed by atoms with van der Waals surface area (Å²) in [5.74, 6) is 3.25. The molecule has 0 aliphatic heterocycles. The Morgan fingerprint density at radius 2 is 1.62 bits per heavy atom. The first-order valence-corrected chi connectivity index (χ1v) is 7.56. The Bertz CT molecular complexity index is 226. The molecule has 0 aromatic heterocycles. The van der Waals surface area contributed by atoms with Crippen LogP contribution in [-0.2, 0) is 0 Å². The van der Waals surface area contributed by atoms with Crippen molar-refractivity contribution in [1.29, 1.82) is 0 Å². The van der Waals surface area contributed by atoms with Gasteiger partial charge in [0.15, 0.2) is 0 Å². The lowest BCUT2D eigenvalue weighted by Gasteiger charge is -2.57. The van der Waals surface area contributed by atoms with E-state index in [0.717, 1.165) is 24.3 Å². The molecule has 4 rings (SSSR count). The Hall–Kier alpha value is 0.310. The minimum atomic E-state index is 0.494. The Morgan fingerprint density at radius 1 is 1.12 bits per heavy atom. The average molecular weight is 239 g/mol. The smallest absolute Gasteiger partial charge is 0.0113 e. The number of hydrogen-bond donors (Lipinski definition) is 2. The molecule has 4 aliphatic carbocycles. The molecule has 1 atom stereocenters. The van der Waals surface area contributed by atoms with Crippen LogP contribution in [0.5, 0.6) is 0 Å². The molecule has 4 aliphatic rings. The molecule has 0 aromatic rings. The van der Waals surface area contributed by atoms with Gasteiger partial charge in [0, 0.05) is 18.3 Å². The van der Waals surface area contributed by atoms with Crippen LogP contribution in [-0.4, -0.2) is 18.3 Å². The Labute approximate surface area is 105 Å². The van der Waals surface area contributed by atoms with Crippen LogP contribution in [0.25, 0.3) is 0 Å². The number of hydrogen-bond acceptors (Lipinski definition) is 2. The van der Waals surface area contributed by atoms with Crippen molar-refractivity contribution in [2.45, 2.75) is 50.7 Å². The largest absolute Gasteiger partial charge is 0.315 e. The van der Waals surface area contributed by atoms with E-state index in [1.807, 2.05) is 0 Å². The maximum Gasteiger partial charge on any atom is 0.0113 e. The van der Waals surface area contributed by atoms with Gasteiger partial charge in [-0.2, -0.15) is 12.6 Å². The summed E-state index contributed by atoms with van der Waals surface area (Å²) >= 11 is 4.45. The summed E-state index contributed by atoms with van der Waals surface area (Å²) in [7, 11) is 0.